The van der Waals surface area contributed by atoms with Crippen molar-refractivity contribution in [3.63, 3.8) is 0 Å². The van der Waals surface area contributed by atoms with Crippen LogP contribution in [0, 0.1) is 5.82 Å². The highest BCUT2D eigenvalue weighted by Gasteiger charge is 2.34. The third-order valence-electron chi connectivity index (χ3n) is 4.40. The van der Waals surface area contributed by atoms with Gasteiger partial charge in [0.2, 0.25) is 0 Å². The summed E-state index contributed by atoms with van der Waals surface area (Å²) >= 11 is 0. The Balaban J connectivity index is 1.71. The molecule has 2 atom stereocenters. The predicted molar refractivity (Wildman–Crippen MR) is 70.9 cm³/mol. The molecule has 2 fully saturated rings. The van der Waals surface area contributed by atoms with Crippen LogP contribution in [0.1, 0.15) is 25.3 Å². The van der Waals surface area contributed by atoms with E-state index in [1.165, 1.54) is 19.4 Å². The zero-order valence-corrected chi connectivity index (χ0v) is 11.0. The molecule has 0 spiro atoms. The van der Waals surface area contributed by atoms with Crippen molar-refractivity contribution >= 4 is 0 Å². The minimum absolute atomic E-state index is 0.0708. The van der Waals surface area contributed by atoms with E-state index in [0.29, 0.717) is 12.1 Å². The van der Waals surface area contributed by atoms with Gasteiger partial charge in [0.05, 0.1) is 0 Å². The average Bonchev–Trinajstić information content (AvgIpc) is 2.79. The molecular weight excluding hydrogens is 227 g/mol. The smallest absolute Gasteiger partial charge is 0.127 e. The van der Waals surface area contributed by atoms with Crippen molar-refractivity contribution in [3.8, 4) is 0 Å². The summed E-state index contributed by atoms with van der Waals surface area (Å²) < 4.78 is 13.7. The molecule has 2 heterocycles. The summed E-state index contributed by atoms with van der Waals surface area (Å²) in [6.07, 6.45) is 2.63. The molecule has 3 rings (SSSR count). The van der Waals surface area contributed by atoms with Crippen LogP contribution in [-0.4, -0.2) is 41.5 Å². The topological polar surface area (TPSA) is 6.48 Å². The van der Waals surface area contributed by atoms with Crippen molar-refractivity contribution in [2.75, 3.05) is 19.6 Å². The predicted octanol–water partition coefficient (Wildman–Crippen LogP) is 2.49. The lowest BCUT2D eigenvalue weighted by atomic mass is 10.1. The molecule has 2 saturated heterocycles. The minimum Gasteiger partial charge on any atom is -0.298 e. The number of rotatable bonds is 2. The summed E-state index contributed by atoms with van der Waals surface area (Å²) in [7, 11) is 0. The largest absolute Gasteiger partial charge is 0.298 e. The Morgan fingerprint density at radius 3 is 2.94 bits per heavy atom. The lowest BCUT2D eigenvalue weighted by Crippen LogP contribution is -2.54. The third-order valence-corrected chi connectivity index (χ3v) is 4.40. The highest BCUT2D eigenvalue weighted by Crippen LogP contribution is 2.26. The van der Waals surface area contributed by atoms with E-state index in [1.54, 1.807) is 12.1 Å². The number of halogens is 1. The summed E-state index contributed by atoms with van der Waals surface area (Å²) in [4.78, 5) is 5.04. The molecule has 0 bridgehead atoms. The molecule has 98 valence electrons. The van der Waals surface area contributed by atoms with Crippen LogP contribution in [0.25, 0.3) is 0 Å². The summed E-state index contributed by atoms with van der Waals surface area (Å²) in [5, 5.41) is 0. The van der Waals surface area contributed by atoms with E-state index in [2.05, 4.69) is 16.7 Å². The van der Waals surface area contributed by atoms with Crippen LogP contribution in [0.4, 0.5) is 4.39 Å². The van der Waals surface area contributed by atoms with E-state index in [4.69, 9.17) is 0 Å². The van der Waals surface area contributed by atoms with Gasteiger partial charge in [-0.3, -0.25) is 9.80 Å². The van der Waals surface area contributed by atoms with Gasteiger partial charge < -0.3 is 0 Å². The van der Waals surface area contributed by atoms with Crippen LogP contribution in [-0.2, 0) is 6.54 Å². The van der Waals surface area contributed by atoms with E-state index in [9.17, 15) is 4.39 Å². The molecule has 0 aliphatic carbocycles. The van der Waals surface area contributed by atoms with Crippen LogP contribution < -0.4 is 0 Å². The fourth-order valence-electron chi connectivity index (χ4n) is 3.31. The van der Waals surface area contributed by atoms with E-state index < -0.39 is 0 Å². The summed E-state index contributed by atoms with van der Waals surface area (Å²) in [6.45, 7) is 6.49. The SMILES string of the molecule is C[C@H]1CN2CCCC2CN1Cc1ccccc1F. The summed E-state index contributed by atoms with van der Waals surface area (Å²) in [6, 6.07) is 8.38. The third kappa shape index (κ3) is 2.29. The Morgan fingerprint density at radius 2 is 2.11 bits per heavy atom. The zero-order chi connectivity index (χ0) is 12.5. The maximum atomic E-state index is 13.7. The van der Waals surface area contributed by atoms with E-state index in [0.717, 1.165) is 25.2 Å². The van der Waals surface area contributed by atoms with Gasteiger partial charge >= 0.3 is 0 Å². The second-order valence-corrected chi connectivity index (χ2v) is 5.66. The summed E-state index contributed by atoms with van der Waals surface area (Å²) in [5.41, 5.74) is 0.829. The Kier molecular flexibility index (Phi) is 3.35. The molecule has 0 N–H and O–H groups in total. The second-order valence-electron chi connectivity index (χ2n) is 5.66. The Labute approximate surface area is 108 Å². The molecule has 2 nitrogen and oxygen atoms in total. The highest BCUT2D eigenvalue weighted by atomic mass is 19.1. The van der Waals surface area contributed by atoms with Crippen LogP contribution in [0.3, 0.4) is 0 Å². The van der Waals surface area contributed by atoms with Crippen LogP contribution in [0.15, 0.2) is 24.3 Å². The highest BCUT2D eigenvalue weighted by molar-refractivity contribution is 5.17. The molecule has 0 aromatic heterocycles. The number of nitrogens with zero attached hydrogens (tertiary/aromatic N) is 2. The van der Waals surface area contributed by atoms with Crippen molar-refractivity contribution in [2.24, 2.45) is 0 Å². The molecule has 2 aliphatic heterocycles. The van der Waals surface area contributed by atoms with Crippen molar-refractivity contribution in [1.82, 2.24) is 9.80 Å². The van der Waals surface area contributed by atoms with Crippen molar-refractivity contribution in [3.05, 3.63) is 35.6 Å². The zero-order valence-electron chi connectivity index (χ0n) is 11.0. The van der Waals surface area contributed by atoms with Gasteiger partial charge in [-0.2, -0.15) is 0 Å². The summed E-state index contributed by atoms with van der Waals surface area (Å²) in [5.74, 6) is -0.0708. The molecule has 2 aliphatic rings. The number of hydrogen-bond acceptors (Lipinski definition) is 2. The first kappa shape index (κ1) is 12.1. The molecule has 1 aromatic carbocycles. The number of fused-ring (bicyclic) bond motifs is 1. The van der Waals surface area contributed by atoms with Gasteiger partial charge in [0.1, 0.15) is 5.82 Å². The normalized spacial score (nSPS) is 29.4. The van der Waals surface area contributed by atoms with E-state index in [1.807, 2.05) is 12.1 Å². The lowest BCUT2D eigenvalue weighted by Gasteiger charge is -2.42. The fraction of sp³-hybridized carbons (Fsp3) is 0.600. The van der Waals surface area contributed by atoms with Crippen LogP contribution in [0.5, 0.6) is 0 Å². The van der Waals surface area contributed by atoms with E-state index >= 15 is 0 Å². The van der Waals surface area contributed by atoms with Gasteiger partial charge in [-0.1, -0.05) is 18.2 Å². The number of benzene rings is 1. The van der Waals surface area contributed by atoms with Gasteiger partial charge in [0.15, 0.2) is 0 Å². The van der Waals surface area contributed by atoms with Gasteiger partial charge in [0, 0.05) is 37.3 Å². The van der Waals surface area contributed by atoms with Crippen molar-refractivity contribution < 1.29 is 4.39 Å². The first-order valence-corrected chi connectivity index (χ1v) is 6.95. The maximum Gasteiger partial charge on any atom is 0.127 e. The Morgan fingerprint density at radius 1 is 1.28 bits per heavy atom. The minimum atomic E-state index is -0.0708. The molecule has 1 unspecified atom stereocenters. The molecule has 0 amide bonds. The lowest BCUT2D eigenvalue weighted by molar-refractivity contribution is 0.0533. The molecule has 1 aromatic rings. The van der Waals surface area contributed by atoms with Crippen molar-refractivity contribution in [2.45, 2.75) is 38.4 Å². The molecule has 0 saturated carbocycles. The van der Waals surface area contributed by atoms with Gasteiger partial charge in [-0.15, -0.1) is 0 Å². The molecule has 3 heteroatoms. The monoisotopic (exact) mass is 248 g/mol. The number of hydrogen-bond donors (Lipinski definition) is 0. The van der Waals surface area contributed by atoms with Crippen LogP contribution >= 0.6 is 0 Å². The maximum absolute atomic E-state index is 13.7. The van der Waals surface area contributed by atoms with Crippen molar-refractivity contribution in [1.29, 1.82) is 0 Å². The van der Waals surface area contributed by atoms with E-state index in [-0.39, 0.29) is 5.82 Å². The Bertz CT molecular complexity index is 421. The first-order valence-electron chi connectivity index (χ1n) is 6.95. The first-order chi connectivity index (χ1) is 8.74. The van der Waals surface area contributed by atoms with Gasteiger partial charge in [-0.25, -0.2) is 4.39 Å². The quantitative estimate of drug-likeness (QED) is 0.793. The number of piperazine rings is 1. The molecular formula is C15H21FN2. The van der Waals surface area contributed by atoms with Crippen LogP contribution in [0.2, 0.25) is 0 Å². The second kappa shape index (κ2) is 4.98. The van der Waals surface area contributed by atoms with Gasteiger partial charge in [0.25, 0.3) is 0 Å². The van der Waals surface area contributed by atoms with Gasteiger partial charge in [-0.05, 0) is 32.4 Å². The molecule has 0 radical (unpaired) electrons. The molecule has 18 heavy (non-hydrogen) atoms. The average molecular weight is 248 g/mol. The standard InChI is InChI=1S/C15H21FN2/c1-12-9-17-8-4-6-14(17)11-18(12)10-13-5-2-3-7-15(13)16/h2-3,5,7,12,14H,4,6,8-11H2,1H3/t12-,14?/m0/s1. The Hall–Kier alpha value is -0.930. The fourth-order valence-corrected chi connectivity index (χ4v) is 3.31.